The number of ether oxygens (including phenoxy) is 1. The zero-order valence-electron chi connectivity index (χ0n) is 11.0. The van der Waals surface area contributed by atoms with Crippen LogP contribution in [0.1, 0.15) is 21.5 Å². The van der Waals surface area contributed by atoms with Gasteiger partial charge in [-0.3, -0.25) is 0 Å². The largest absolute Gasteiger partial charge is 0.488 e. The van der Waals surface area contributed by atoms with Crippen molar-refractivity contribution in [3.05, 3.63) is 61.8 Å². The summed E-state index contributed by atoms with van der Waals surface area (Å²) in [4.78, 5) is 11.3. The molecule has 110 valence electrons. The minimum absolute atomic E-state index is 0.0398. The van der Waals surface area contributed by atoms with Crippen molar-refractivity contribution in [2.24, 2.45) is 0 Å². The van der Waals surface area contributed by atoms with Gasteiger partial charge in [0.25, 0.3) is 0 Å². The fourth-order valence-electron chi connectivity index (χ4n) is 1.87. The van der Waals surface area contributed by atoms with Crippen LogP contribution in [0.4, 0.5) is 4.39 Å². The van der Waals surface area contributed by atoms with Gasteiger partial charge in [-0.1, -0.05) is 37.9 Å². The molecule has 0 unspecified atom stereocenters. The van der Waals surface area contributed by atoms with Crippen LogP contribution in [0.25, 0.3) is 0 Å². The molecule has 0 fully saturated rings. The van der Waals surface area contributed by atoms with E-state index in [1.54, 1.807) is 25.1 Å². The Morgan fingerprint density at radius 3 is 2.57 bits per heavy atom. The number of carboxylic acid groups (broad SMARTS) is 1. The molecule has 0 aliphatic rings. The Labute approximate surface area is 138 Å². The molecule has 0 radical (unpaired) electrons. The average Bonchev–Trinajstić information content (AvgIpc) is 2.38. The van der Waals surface area contributed by atoms with Crippen LogP contribution in [-0.4, -0.2) is 11.1 Å². The third-order valence-corrected chi connectivity index (χ3v) is 3.81. The molecule has 6 heteroatoms. The van der Waals surface area contributed by atoms with Gasteiger partial charge < -0.3 is 9.84 Å². The van der Waals surface area contributed by atoms with Crippen LogP contribution in [0.15, 0.2) is 39.3 Å². The summed E-state index contributed by atoms with van der Waals surface area (Å²) in [6.07, 6.45) is 0. The van der Waals surface area contributed by atoms with Crippen molar-refractivity contribution in [3.8, 4) is 5.75 Å². The monoisotopic (exact) mass is 416 g/mol. The van der Waals surface area contributed by atoms with Crippen LogP contribution in [0.2, 0.25) is 0 Å². The number of hydrogen-bond donors (Lipinski definition) is 1. The van der Waals surface area contributed by atoms with Gasteiger partial charge in [0, 0.05) is 14.5 Å². The van der Waals surface area contributed by atoms with Gasteiger partial charge in [0.05, 0.1) is 0 Å². The van der Waals surface area contributed by atoms with Crippen molar-refractivity contribution in [1.29, 1.82) is 0 Å². The van der Waals surface area contributed by atoms with Crippen molar-refractivity contribution in [3.63, 3.8) is 0 Å². The smallest absolute Gasteiger partial charge is 0.339 e. The molecule has 0 saturated carbocycles. The summed E-state index contributed by atoms with van der Waals surface area (Å²) < 4.78 is 20.6. The van der Waals surface area contributed by atoms with E-state index < -0.39 is 11.8 Å². The van der Waals surface area contributed by atoms with E-state index in [4.69, 9.17) is 4.74 Å². The Kier molecular flexibility index (Phi) is 5.00. The molecule has 3 nitrogen and oxygen atoms in total. The van der Waals surface area contributed by atoms with Gasteiger partial charge in [0.1, 0.15) is 23.7 Å². The van der Waals surface area contributed by atoms with E-state index in [0.29, 0.717) is 20.1 Å². The molecule has 2 aromatic rings. The Morgan fingerprint density at radius 1 is 1.24 bits per heavy atom. The summed E-state index contributed by atoms with van der Waals surface area (Å²) in [6, 6.07) is 7.84. The Balaban J connectivity index is 2.29. The number of hydrogen-bond acceptors (Lipinski definition) is 2. The normalized spacial score (nSPS) is 10.5. The number of rotatable bonds is 4. The Hall–Kier alpha value is -1.40. The van der Waals surface area contributed by atoms with E-state index in [2.05, 4.69) is 31.9 Å². The van der Waals surface area contributed by atoms with Crippen molar-refractivity contribution in [2.45, 2.75) is 13.5 Å². The number of carbonyl (C=O) groups is 1. The SMILES string of the molecule is Cc1cc(Br)cc(C(=O)O)c1OCc1ccc(Br)cc1F. The molecule has 1 N–H and O–H groups in total. The first kappa shape index (κ1) is 16.0. The maximum atomic E-state index is 13.7. The van der Waals surface area contributed by atoms with Gasteiger partial charge in [0.2, 0.25) is 0 Å². The first-order valence-corrected chi connectivity index (χ1v) is 7.57. The van der Waals surface area contributed by atoms with Crippen molar-refractivity contribution in [1.82, 2.24) is 0 Å². The van der Waals surface area contributed by atoms with Gasteiger partial charge in [-0.2, -0.15) is 0 Å². The highest BCUT2D eigenvalue weighted by Gasteiger charge is 2.16. The number of aryl methyl sites for hydroxylation is 1. The van der Waals surface area contributed by atoms with Crippen LogP contribution in [0.3, 0.4) is 0 Å². The van der Waals surface area contributed by atoms with Crippen molar-refractivity contribution >= 4 is 37.8 Å². The zero-order chi connectivity index (χ0) is 15.6. The highest BCUT2D eigenvalue weighted by molar-refractivity contribution is 9.10. The number of aromatic carboxylic acids is 1. The molecule has 0 bridgehead atoms. The summed E-state index contributed by atoms with van der Waals surface area (Å²) in [7, 11) is 0. The fourth-order valence-corrected chi connectivity index (χ4v) is 2.77. The lowest BCUT2D eigenvalue weighted by molar-refractivity contribution is 0.0691. The third kappa shape index (κ3) is 3.83. The molecule has 2 rings (SSSR count). The van der Waals surface area contributed by atoms with Crippen LogP contribution < -0.4 is 4.74 Å². The maximum Gasteiger partial charge on any atom is 0.339 e. The van der Waals surface area contributed by atoms with Crippen LogP contribution in [0.5, 0.6) is 5.75 Å². The summed E-state index contributed by atoms with van der Waals surface area (Å²) in [5, 5.41) is 9.22. The van der Waals surface area contributed by atoms with Gasteiger partial charge in [0.15, 0.2) is 0 Å². The molecule has 0 amide bonds. The zero-order valence-corrected chi connectivity index (χ0v) is 14.2. The second-order valence-electron chi connectivity index (χ2n) is 4.43. The highest BCUT2D eigenvalue weighted by atomic mass is 79.9. The average molecular weight is 418 g/mol. The van der Waals surface area contributed by atoms with E-state index >= 15 is 0 Å². The minimum Gasteiger partial charge on any atom is -0.488 e. The summed E-state index contributed by atoms with van der Waals surface area (Å²) in [5.41, 5.74) is 1.07. The van der Waals surface area contributed by atoms with Gasteiger partial charge >= 0.3 is 5.97 Å². The standard InChI is InChI=1S/C15H11Br2FO3/c1-8-4-11(17)5-12(15(19)20)14(8)21-7-9-2-3-10(16)6-13(9)18/h2-6H,7H2,1H3,(H,19,20). The summed E-state index contributed by atoms with van der Waals surface area (Å²) in [6.45, 7) is 1.70. The van der Waals surface area contributed by atoms with Gasteiger partial charge in [-0.05, 0) is 36.8 Å². The predicted octanol–water partition coefficient (Wildman–Crippen LogP) is 4.94. The summed E-state index contributed by atoms with van der Waals surface area (Å²) >= 11 is 6.43. The third-order valence-electron chi connectivity index (χ3n) is 2.86. The number of halogens is 3. The molecule has 21 heavy (non-hydrogen) atoms. The van der Waals surface area contributed by atoms with Crippen LogP contribution >= 0.6 is 31.9 Å². The van der Waals surface area contributed by atoms with Crippen molar-refractivity contribution in [2.75, 3.05) is 0 Å². The van der Waals surface area contributed by atoms with E-state index in [1.807, 2.05) is 0 Å². The fraction of sp³-hybridized carbons (Fsp3) is 0.133. The second-order valence-corrected chi connectivity index (χ2v) is 6.26. The maximum absolute atomic E-state index is 13.7. The minimum atomic E-state index is -1.09. The molecular weight excluding hydrogens is 407 g/mol. The topological polar surface area (TPSA) is 46.5 Å². The first-order valence-electron chi connectivity index (χ1n) is 5.98. The molecule has 0 aliphatic carbocycles. The van der Waals surface area contributed by atoms with Gasteiger partial charge in [-0.25, -0.2) is 9.18 Å². The molecule has 0 aromatic heterocycles. The van der Waals surface area contributed by atoms with Crippen LogP contribution in [0, 0.1) is 12.7 Å². The molecular formula is C15H11Br2FO3. The summed E-state index contributed by atoms with van der Waals surface area (Å²) in [5.74, 6) is -1.25. The lowest BCUT2D eigenvalue weighted by Crippen LogP contribution is -2.06. The molecule has 0 atom stereocenters. The van der Waals surface area contributed by atoms with Gasteiger partial charge in [-0.15, -0.1) is 0 Å². The van der Waals surface area contributed by atoms with E-state index in [-0.39, 0.29) is 17.9 Å². The molecule has 2 aromatic carbocycles. The number of benzene rings is 2. The molecule has 0 aliphatic heterocycles. The predicted molar refractivity (Wildman–Crippen MR) is 84.3 cm³/mol. The number of carboxylic acids is 1. The molecule has 0 spiro atoms. The Morgan fingerprint density at radius 2 is 1.95 bits per heavy atom. The van der Waals surface area contributed by atoms with Crippen LogP contribution in [-0.2, 0) is 6.61 Å². The highest BCUT2D eigenvalue weighted by Crippen LogP contribution is 2.29. The van der Waals surface area contributed by atoms with E-state index in [1.165, 1.54) is 12.1 Å². The lowest BCUT2D eigenvalue weighted by Gasteiger charge is -2.13. The molecule has 0 heterocycles. The van der Waals surface area contributed by atoms with E-state index in [0.717, 1.165) is 0 Å². The van der Waals surface area contributed by atoms with E-state index in [9.17, 15) is 14.3 Å². The van der Waals surface area contributed by atoms with Crippen molar-refractivity contribution < 1.29 is 19.0 Å². The Bertz CT molecular complexity index is 702. The molecule has 0 saturated heterocycles. The lowest BCUT2D eigenvalue weighted by atomic mass is 10.1. The second kappa shape index (κ2) is 6.58. The first-order chi connectivity index (χ1) is 9.88. The quantitative estimate of drug-likeness (QED) is 0.766.